The van der Waals surface area contributed by atoms with E-state index in [-0.39, 0.29) is 19.4 Å². The lowest BCUT2D eigenvalue weighted by Crippen LogP contribution is -2.41. The average Bonchev–Trinajstić information content (AvgIpc) is 2.66. The molecule has 1 aliphatic rings. The zero-order valence-electron chi connectivity index (χ0n) is 10.6. The topological polar surface area (TPSA) is 121 Å². The summed E-state index contributed by atoms with van der Waals surface area (Å²) in [6.07, 6.45) is -0.431. The summed E-state index contributed by atoms with van der Waals surface area (Å²) in [6.45, 7) is 0.135. The summed E-state index contributed by atoms with van der Waals surface area (Å²) < 4.78 is 0. The number of carbonyl (C=O) groups excluding carboxylic acids is 1. The van der Waals surface area contributed by atoms with Crippen molar-refractivity contribution in [2.45, 2.75) is 25.4 Å². The number of carbonyl (C=O) groups is 3. The minimum atomic E-state index is -1.21. The Morgan fingerprint density at radius 3 is 2.65 bits per heavy atom. The summed E-state index contributed by atoms with van der Waals surface area (Å²) in [7, 11) is 0. The molecule has 20 heavy (non-hydrogen) atoms. The van der Waals surface area contributed by atoms with Crippen LogP contribution >= 0.6 is 0 Å². The monoisotopic (exact) mass is 278 g/mol. The minimum Gasteiger partial charge on any atom is -0.481 e. The van der Waals surface area contributed by atoms with Crippen LogP contribution in [0.3, 0.4) is 0 Å². The normalized spacial score (nSPS) is 15.0. The first-order chi connectivity index (χ1) is 9.40. The number of nitrogen functional groups attached to an aromatic ring is 1. The van der Waals surface area contributed by atoms with Crippen LogP contribution in [0.15, 0.2) is 18.2 Å². The highest BCUT2D eigenvalue weighted by atomic mass is 16.4. The second kappa shape index (κ2) is 5.20. The van der Waals surface area contributed by atoms with Crippen molar-refractivity contribution in [1.29, 1.82) is 0 Å². The average molecular weight is 278 g/mol. The van der Waals surface area contributed by atoms with Crippen LogP contribution in [0, 0.1) is 0 Å². The SMILES string of the molecule is Nc1ccc2c(c1)CN([C@@H](CCC(=O)O)C(=O)O)C2=O. The van der Waals surface area contributed by atoms with Gasteiger partial charge in [-0.1, -0.05) is 0 Å². The van der Waals surface area contributed by atoms with Gasteiger partial charge >= 0.3 is 11.9 Å². The van der Waals surface area contributed by atoms with Crippen LogP contribution in [-0.2, 0) is 16.1 Å². The number of nitrogens with two attached hydrogens (primary N) is 1. The van der Waals surface area contributed by atoms with E-state index in [1.54, 1.807) is 18.2 Å². The maximum atomic E-state index is 12.2. The van der Waals surface area contributed by atoms with Crippen molar-refractivity contribution in [2.24, 2.45) is 0 Å². The summed E-state index contributed by atoms with van der Waals surface area (Å²) >= 11 is 0. The van der Waals surface area contributed by atoms with Crippen LogP contribution < -0.4 is 5.73 Å². The molecule has 1 aromatic rings. The number of nitrogens with zero attached hydrogens (tertiary/aromatic N) is 1. The molecule has 1 amide bonds. The molecule has 0 radical (unpaired) electrons. The van der Waals surface area contributed by atoms with Crippen LogP contribution in [0.2, 0.25) is 0 Å². The van der Waals surface area contributed by atoms with E-state index in [0.29, 0.717) is 16.8 Å². The summed E-state index contributed by atoms with van der Waals surface area (Å²) in [5.41, 5.74) is 7.21. The number of carboxylic acids is 2. The highest BCUT2D eigenvalue weighted by Gasteiger charge is 2.36. The fourth-order valence-corrected chi connectivity index (χ4v) is 2.29. The maximum Gasteiger partial charge on any atom is 0.326 e. The molecule has 0 saturated heterocycles. The van der Waals surface area contributed by atoms with Gasteiger partial charge in [0.1, 0.15) is 6.04 Å². The van der Waals surface area contributed by atoms with Crippen molar-refractivity contribution in [3.8, 4) is 0 Å². The summed E-state index contributed by atoms with van der Waals surface area (Å²) in [4.78, 5) is 35.2. The van der Waals surface area contributed by atoms with Gasteiger partial charge in [-0.2, -0.15) is 0 Å². The Morgan fingerprint density at radius 1 is 1.35 bits per heavy atom. The summed E-state index contributed by atoms with van der Waals surface area (Å²) in [6, 6.07) is 3.62. The number of rotatable bonds is 5. The molecule has 1 aromatic carbocycles. The molecule has 1 heterocycles. The standard InChI is InChI=1S/C13H14N2O5/c14-8-1-2-9-7(5-8)6-15(12(9)18)10(13(19)20)3-4-11(16)17/h1-2,5,10H,3-4,6,14H2,(H,16,17)(H,19,20)/t10-/m0/s1. The van der Waals surface area contributed by atoms with Crippen molar-refractivity contribution in [1.82, 2.24) is 4.90 Å². The second-order valence-electron chi connectivity index (χ2n) is 4.64. The van der Waals surface area contributed by atoms with E-state index in [1.165, 1.54) is 4.90 Å². The van der Waals surface area contributed by atoms with E-state index < -0.39 is 23.9 Å². The van der Waals surface area contributed by atoms with Gasteiger partial charge in [-0.05, 0) is 30.2 Å². The van der Waals surface area contributed by atoms with Gasteiger partial charge in [-0.3, -0.25) is 9.59 Å². The molecule has 0 aromatic heterocycles. The number of amides is 1. The van der Waals surface area contributed by atoms with E-state index >= 15 is 0 Å². The number of anilines is 1. The van der Waals surface area contributed by atoms with Gasteiger partial charge < -0.3 is 20.8 Å². The van der Waals surface area contributed by atoms with Crippen molar-refractivity contribution in [3.05, 3.63) is 29.3 Å². The first-order valence-electron chi connectivity index (χ1n) is 6.04. The predicted molar refractivity (Wildman–Crippen MR) is 69.0 cm³/mol. The maximum absolute atomic E-state index is 12.2. The Hall–Kier alpha value is -2.57. The molecular weight excluding hydrogens is 264 g/mol. The molecule has 1 atom stereocenters. The number of hydrogen-bond donors (Lipinski definition) is 3. The highest BCUT2D eigenvalue weighted by molar-refractivity contribution is 6.00. The van der Waals surface area contributed by atoms with Crippen molar-refractivity contribution < 1.29 is 24.6 Å². The van der Waals surface area contributed by atoms with Gasteiger partial charge in [0.05, 0.1) is 0 Å². The Balaban J connectivity index is 2.22. The molecule has 0 bridgehead atoms. The lowest BCUT2D eigenvalue weighted by molar-refractivity contribution is -0.143. The van der Waals surface area contributed by atoms with Gasteiger partial charge in [0.15, 0.2) is 0 Å². The Bertz CT molecular complexity index is 584. The van der Waals surface area contributed by atoms with Crippen LogP contribution in [-0.4, -0.2) is 39.0 Å². The molecule has 7 nitrogen and oxygen atoms in total. The molecule has 0 spiro atoms. The van der Waals surface area contributed by atoms with Crippen LogP contribution in [0.5, 0.6) is 0 Å². The number of carboxylic acid groups (broad SMARTS) is 2. The van der Waals surface area contributed by atoms with E-state index in [9.17, 15) is 19.5 Å². The first kappa shape index (κ1) is 13.9. The lowest BCUT2D eigenvalue weighted by Gasteiger charge is -2.23. The highest BCUT2D eigenvalue weighted by Crippen LogP contribution is 2.27. The Kier molecular flexibility index (Phi) is 3.60. The Morgan fingerprint density at radius 2 is 2.05 bits per heavy atom. The third-order valence-corrected chi connectivity index (χ3v) is 3.25. The molecule has 4 N–H and O–H groups in total. The van der Waals surface area contributed by atoms with Crippen LogP contribution in [0.25, 0.3) is 0 Å². The number of aliphatic carboxylic acids is 2. The molecule has 7 heteroatoms. The van der Waals surface area contributed by atoms with Crippen LogP contribution in [0.4, 0.5) is 5.69 Å². The van der Waals surface area contributed by atoms with Gasteiger partial charge in [0.2, 0.25) is 0 Å². The van der Waals surface area contributed by atoms with Gasteiger partial charge in [-0.25, -0.2) is 4.79 Å². The second-order valence-corrected chi connectivity index (χ2v) is 4.64. The van der Waals surface area contributed by atoms with Crippen molar-refractivity contribution in [3.63, 3.8) is 0 Å². The minimum absolute atomic E-state index is 0.125. The molecule has 1 aliphatic heterocycles. The lowest BCUT2D eigenvalue weighted by atomic mass is 10.1. The molecule has 0 unspecified atom stereocenters. The summed E-state index contributed by atoms with van der Waals surface area (Å²) in [5.74, 6) is -2.71. The molecule has 2 rings (SSSR count). The van der Waals surface area contributed by atoms with Gasteiger partial charge in [0.25, 0.3) is 5.91 Å². The van der Waals surface area contributed by atoms with E-state index in [2.05, 4.69) is 0 Å². The first-order valence-corrected chi connectivity index (χ1v) is 6.04. The molecular formula is C13H14N2O5. The zero-order chi connectivity index (χ0) is 14.9. The van der Waals surface area contributed by atoms with Crippen LogP contribution in [0.1, 0.15) is 28.8 Å². The van der Waals surface area contributed by atoms with Gasteiger partial charge in [-0.15, -0.1) is 0 Å². The van der Waals surface area contributed by atoms with E-state index in [1.807, 2.05) is 0 Å². The van der Waals surface area contributed by atoms with E-state index in [4.69, 9.17) is 10.8 Å². The van der Waals surface area contributed by atoms with Gasteiger partial charge in [0, 0.05) is 24.2 Å². The predicted octanol–water partition coefficient (Wildman–Crippen LogP) is 0.543. The fourth-order valence-electron chi connectivity index (χ4n) is 2.29. The largest absolute Gasteiger partial charge is 0.481 e. The smallest absolute Gasteiger partial charge is 0.326 e. The molecule has 0 aliphatic carbocycles. The quantitative estimate of drug-likeness (QED) is 0.676. The number of fused-ring (bicyclic) bond motifs is 1. The van der Waals surface area contributed by atoms with Crippen molar-refractivity contribution >= 4 is 23.5 Å². The zero-order valence-corrected chi connectivity index (χ0v) is 10.6. The third-order valence-electron chi connectivity index (χ3n) is 3.25. The van der Waals surface area contributed by atoms with E-state index in [0.717, 1.165) is 0 Å². The number of hydrogen-bond acceptors (Lipinski definition) is 4. The molecule has 106 valence electrons. The Labute approximate surface area is 114 Å². The third kappa shape index (κ3) is 2.56. The summed E-state index contributed by atoms with van der Waals surface area (Å²) in [5, 5.41) is 17.8. The fraction of sp³-hybridized carbons (Fsp3) is 0.308. The molecule has 0 fully saturated rings. The van der Waals surface area contributed by atoms with Crippen molar-refractivity contribution in [2.75, 3.05) is 5.73 Å². The number of benzene rings is 1. The molecule has 0 saturated carbocycles.